The predicted octanol–water partition coefficient (Wildman–Crippen LogP) is 3.49. The van der Waals surface area contributed by atoms with Crippen LogP contribution in [0.5, 0.6) is 0 Å². The maximum atomic E-state index is 13.5. The van der Waals surface area contributed by atoms with E-state index in [1.165, 1.54) is 12.3 Å². The molecule has 0 radical (unpaired) electrons. The summed E-state index contributed by atoms with van der Waals surface area (Å²) in [7, 11) is 0. The average Bonchev–Trinajstić information content (AvgIpc) is 2.36. The number of rotatable bonds is 2. The molecule has 1 heterocycles. The number of aromatic nitrogens is 1. The first-order chi connectivity index (χ1) is 8.52. The van der Waals surface area contributed by atoms with Gasteiger partial charge in [-0.25, -0.2) is 13.2 Å². The van der Waals surface area contributed by atoms with Crippen LogP contribution in [-0.2, 0) is 0 Å². The van der Waals surface area contributed by atoms with Crippen molar-refractivity contribution in [1.82, 2.24) is 4.98 Å². The summed E-state index contributed by atoms with van der Waals surface area (Å²) in [6, 6.07) is 4.69. The van der Waals surface area contributed by atoms with Crippen molar-refractivity contribution >= 4 is 21.7 Å². The van der Waals surface area contributed by atoms with E-state index in [1.807, 2.05) is 0 Å². The molecule has 0 saturated heterocycles. The van der Waals surface area contributed by atoms with Crippen LogP contribution in [0.25, 0.3) is 0 Å². The highest BCUT2D eigenvalue weighted by Gasteiger charge is 2.22. The SMILES string of the molecule is O=C(c1ccc(F)c(F)c1F)c1ncccc1Br. The van der Waals surface area contributed by atoms with Gasteiger partial charge in [0.25, 0.3) is 0 Å². The van der Waals surface area contributed by atoms with Crippen LogP contribution >= 0.6 is 15.9 Å². The van der Waals surface area contributed by atoms with Crippen molar-refractivity contribution in [1.29, 1.82) is 0 Å². The molecule has 18 heavy (non-hydrogen) atoms. The Morgan fingerprint density at radius 3 is 2.50 bits per heavy atom. The van der Waals surface area contributed by atoms with Gasteiger partial charge in [-0.05, 0) is 40.2 Å². The van der Waals surface area contributed by atoms with E-state index in [4.69, 9.17) is 0 Å². The van der Waals surface area contributed by atoms with E-state index in [9.17, 15) is 18.0 Å². The third-order valence-electron chi connectivity index (χ3n) is 2.25. The van der Waals surface area contributed by atoms with Gasteiger partial charge >= 0.3 is 0 Å². The van der Waals surface area contributed by atoms with Gasteiger partial charge < -0.3 is 0 Å². The van der Waals surface area contributed by atoms with Crippen molar-refractivity contribution in [2.75, 3.05) is 0 Å². The Morgan fingerprint density at radius 1 is 1.11 bits per heavy atom. The second kappa shape index (κ2) is 4.89. The van der Waals surface area contributed by atoms with Crippen LogP contribution in [0.3, 0.4) is 0 Å². The lowest BCUT2D eigenvalue weighted by molar-refractivity contribution is 0.102. The third-order valence-corrected chi connectivity index (χ3v) is 2.89. The normalized spacial score (nSPS) is 10.4. The summed E-state index contributed by atoms with van der Waals surface area (Å²) < 4.78 is 39.6. The molecule has 0 aliphatic rings. The second-order valence-electron chi connectivity index (χ2n) is 3.39. The third kappa shape index (κ3) is 2.15. The number of benzene rings is 1. The number of hydrogen-bond donors (Lipinski definition) is 0. The van der Waals surface area contributed by atoms with Crippen molar-refractivity contribution in [3.05, 3.63) is 63.6 Å². The number of halogens is 4. The van der Waals surface area contributed by atoms with E-state index in [0.717, 1.165) is 6.07 Å². The summed E-state index contributed by atoms with van der Waals surface area (Å²) in [4.78, 5) is 15.7. The topological polar surface area (TPSA) is 30.0 Å². The lowest BCUT2D eigenvalue weighted by Gasteiger charge is -2.04. The monoisotopic (exact) mass is 315 g/mol. The molecule has 2 nitrogen and oxygen atoms in total. The molecule has 0 aliphatic carbocycles. The Labute approximate surface area is 109 Å². The van der Waals surface area contributed by atoms with E-state index in [-0.39, 0.29) is 5.69 Å². The number of hydrogen-bond acceptors (Lipinski definition) is 2. The van der Waals surface area contributed by atoms with Crippen LogP contribution < -0.4 is 0 Å². The van der Waals surface area contributed by atoms with Crippen LogP contribution in [0.2, 0.25) is 0 Å². The Morgan fingerprint density at radius 2 is 1.83 bits per heavy atom. The lowest BCUT2D eigenvalue weighted by atomic mass is 10.1. The highest BCUT2D eigenvalue weighted by molar-refractivity contribution is 9.10. The van der Waals surface area contributed by atoms with Crippen molar-refractivity contribution < 1.29 is 18.0 Å². The maximum Gasteiger partial charge on any atom is 0.215 e. The molecule has 0 N–H and O–H groups in total. The number of pyridine rings is 1. The maximum absolute atomic E-state index is 13.5. The fraction of sp³-hybridized carbons (Fsp3) is 0. The minimum atomic E-state index is -1.67. The number of nitrogens with zero attached hydrogens (tertiary/aromatic N) is 1. The van der Waals surface area contributed by atoms with Crippen molar-refractivity contribution in [3.63, 3.8) is 0 Å². The first-order valence-electron chi connectivity index (χ1n) is 4.81. The van der Waals surface area contributed by atoms with Gasteiger partial charge in [0.05, 0.1) is 5.56 Å². The van der Waals surface area contributed by atoms with Crippen LogP contribution in [-0.4, -0.2) is 10.8 Å². The van der Waals surface area contributed by atoms with Gasteiger partial charge in [0.1, 0.15) is 5.69 Å². The molecular weight excluding hydrogens is 311 g/mol. The van der Waals surface area contributed by atoms with Crippen LogP contribution in [0.15, 0.2) is 34.9 Å². The molecule has 0 saturated carbocycles. The quantitative estimate of drug-likeness (QED) is 0.627. The number of carbonyl (C=O) groups is 1. The Kier molecular flexibility index (Phi) is 3.47. The standard InChI is InChI=1S/C12H5BrF3NO/c13-7-2-1-5-17-11(7)12(18)6-3-4-8(14)10(16)9(6)15/h1-5H. The smallest absolute Gasteiger partial charge is 0.215 e. The van der Waals surface area contributed by atoms with E-state index in [1.54, 1.807) is 6.07 Å². The summed E-state index contributed by atoms with van der Waals surface area (Å²) in [5.74, 6) is -5.35. The second-order valence-corrected chi connectivity index (χ2v) is 4.24. The van der Waals surface area contributed by atoms with E-state index in [0.29, 0.717) is 10.5 Å². The summed E-state index contributed by atoms with van der Waals surface area (Å²) >= 11 is 3.08. The molecule has 0 spiro atoms. The number of carbonyl (C=O) groups excluding carboxylic acids is 1. The van der Waals surface area contributed by atoms with Gasteiger partial charge in [-0.2, -0.15) is 0 Å². The van der Waals surface area contributed by atoms with Gasteiger partial charge in [0.15, 0.2) is 17.5 Å². The zero-order chi connectivity index (χ0) is 13.3. The fourth-order valence-corrected chi connectivity index (χ4v) is 1.82. The molecule has 0 amide bonds. The highest BCUT2D eigenvalue weighted by Crippen LogP contribution is 2.21. The van der Waals surface area contributed by atoms with E-state index < -0.39 is 28.8 Å². The number of ketones is 1. The van der Waals surface area contributed by atoms with Gasteiger partial charge in [-0.15, -0.1) is 0 Å². The molecular formula is C12H5BrF3NO. The molecule has 0 unspecified atom stereocenters. The molecule has 1 aromatic carbocycles. The fourth-order valence-electron chi connectivity index (χ4n) is 1.38. The van der Waals surface area contributed by atoms with Gasteiger partial charge in [-0.1, -0.05) is 0 Å². The Balaban J connectivity index is 2.54. The Hall–Kier alpha value is -1.69. The summed E-state index contributed by atoms with van der Waals surface area (Å²) in [5, 5.41) is 0. The summed E-state index contributed by atoms with van der Waals surface area (Å²) in [6.45, 7) is 0. The van der Waals surface area contributed by atoms with E-state index >= 15 is 0 Å². The Bertz CT molecular complexity index is 631. The molecule has 2 rings (SSSR count). The summed E-state index contributed by atoms with van der Waals surface area (Å²) in [5.41, 5.74) is -0.629. The molecule has 0 fully saturated rings. The minimum Gasteiger partial charge on any atom is -0.287 e. The molecule has 0 bridgehead atoms. The molecule has 6 heteroatoms. The first kappa shape index (κ1) is 12.8. The largest absolute Gasteiger partial charge is 0.287 e. The lowest BCUT2D eigenvalue weighted by Crippen LogP contribution is -2.09. The van der Waals surface area contributed by atoms with Crippen molar-refractivity contribution in [2.45, 2.75) is 0 Å². The molecule has 0 aliphatic heterocycles. The summed E-state index contributed by atoms with van der Waals surface area (Å²) in [6.07, 6.45) is 1.34. The van der Waals surface area contributed by atoms with Gasteiger partial charge in [-0.3, -0.25) is 9.78 Å². The predicted molar refractivity (Wildman–Crippen MR) is 61.7 cm³/mol. The van der Waals surface area contributed by atoms with Crippen molar-refractivity contribution in [2.24, 2.45) is 0 Å². The van der Waals surface area contributed by atoms with E-state index in [2.05, 4.69) is 20.9 Å². The first-order valence-corrected chi connectivity index (χ1v) is 5.60. The van der Waals surface area contributed by atoms with Crippen LogP contribution in [0.4, 0.5) is 13.2 Å². The highest BCUT2D eigenvalue weighted by atomic mass is 79.9. The minimum absolute atomic E-state index is 0.0672. The molecule has 2 aromatic rings. The zero-order valence-electron chi connectivity index (χ0n) is 8.75. The van der Waals surface area contributed by atoms with Gasteiger partial charge in [0.2, 0.25) is 5.78 Å². The molecule has 92 valence electrons. The molecule has 0 atom stereocenters. The van der Waals surface area contributed by atoms with Crippen molar-refractivity contribution in [3.8, 4) is 0 Å². The van der Waals surface area contributed by atoms with Crippen LogP contribution in [0.1, 0.15) is 16.1 Å². The zero-order valence-corrected chi connectivity index (χ0v) is 10.3. The van der Waals surface area contributed by atoms with Crippen LogP contribution in [0, 0.1) is 17.5 Å². The average molecular weight is 316 g/mol. The van der Waals surface area contributed by atoms with Gasteiger partial charge in [0, 0.05) is 10.7 Å². The molecule has 1 aromatic heterocycles.